The molecule has 0 radical (unpaired) electrons. The number of thiocarbonyl (C=S) groups is 1. The van der Waals surface area contributed by atoms with Crippen molar-refractivity contribution in [3.8, 4) is 0 Å². The summed E-state index contributed by atoms with van der Waals surface area (Å²) in [6.07, 6.45) is 0. The van der Waals surface area contributed by atoms with Crippen molar-refractivity contribution < 1.29 is 12.7 Å². The third kappa shape index (κ3) is 4.86. The zero-order valence-corrected chi connectivity index (χ0v) is 7.04. The van der Waals surface area contributed by atoms with Gasteiger partial charge in [-0.1, -0.05) is 0 Å². The molecular weight excluding hydrogens is 192 g/mol. The first-order valence-corrected chi connectivity index (χ1v) is 4.36. The second-order valence-electron chi connectivity index (χ2n) is 1.45. The molecule has 0 aliphatic heterocycles. The van der Waals surface area contributed by atoms with Crippen LogP contribution >= 0.6 is 12.2 Å². The summed E-state index contributed by atoms with van der Waals surface area (Å²) in [4.78, 5) is 0. The molecule has 0 aliphatic carbocycles. The number of hydrogen-bond acceptors (Lipinski definition) is 6. The zero-order valence-electron chi connectivity index (χ0n) is 5.40. The van der Waals surface area contributed by atoms with Gasteiger partial charge in [0.25, 0.3) is 0 Å². The van der Waals surface area contributed by atoms with Crippen molar-refractivity contribution in [3.63, 3.8) is 0 Å². The maximum absolute atomic E-state index is 10.5. The molecule has 66 valence electrons. The van der Waals surface area contributed by atoms with E-state index in [1.165, 1.54) is 0 Å². The maximum Gasteiger partial charge on any atom is 0.301 e. The van der Waals surface area contributed by atoms with Crippen LogP contribution < -0.4 is 22.5 Å². The number of hydrazine groups is 1. The zero-order chi connectivity index (χ0) is 8.91. The van der Waals surface area contributed by atoms with Crippen molar-refractivity contribution in [3.05, 3.63) is 0 Å². The fourth-order valence-corrected chi connectivity index (χ4v) is 0.792. The van der Waals surface area contributed by atoms with Gasteiger partial charge in [-0.3, -0.25) is 0 Å². The lowest BCUT2D eigenvalue weighted by molar-refractivity contribution is 0.332. The van der Waals surface area contributed by atoms with Gasteiger partial charge in [0.1, 0.15) is 5.88 Å². The van der Waals surface area contributed by atoms with E-state index in [9.17, 15) is 8.42 Å². The lowest BCUT2D eigenvalue weighted by atomic mass is 11.1. The minimum absolute atomic E-state index is 0.00868. The van der Waals surface area contributed by atoms with Gasteiger partial charge in [0.15, 0.2) is 5.11 Å². The van der Waals surface area contributed by atoms with Crippen LogP contribution in [0.5, 0.6) is 0 Å². The van der Waals surface area contributed by atoms with Crippen molar-refractivity contribution in [2.45, 2.75) is 0 Å². The molecule has 0 aromatic carbocycles. The Kier molecular flexibility index (Phi) is 4.22. The molecule has 0 bridgehead atoms. The molecule has 0 spiro atoms. The van der Waals surface area contributed by atoms with E-state index >= 15 is 0 Å². The van der Waals surface area contributed by atoms with Crippen molar-refractivity contribution in [2.24, 2.45) is 11.7 Å². The summed E-state index contributed by atoms with van der Waals surface area (Å²) >= 11 is 4.46. The number of nitrogens with one attached hydrogen (secondary N) is 2. The van der Waals surface area contributed by atoms with E-state index in [1.807, 2.05) is 5.43 Å². The quantitative estimate of drug-likeness (QED) is 0.224. The van der Waals surface area contributed by atoms with Crippen molar-refractivity contribution >= 4 is 27.4 Å². The van der Waals surface area contributed by atoms with Crippen LogP contribution in [0.2, 0.25) is 0 Å². The van der Waals surface area contributed by atoms with Gasteiger partial charge in [-0.25, -0.2) is 5.84 Å². The Balaban J connectivity index is 3.80. The molecule has 7 nitrogen and oxygen atoms in total. The van der Waals surface area contributed by atoms with E-state index in [0.717, 1.165) is 0 Å². The van der Waals surface area contributed by atoms with E-state index in [-0.39, 0.29) is 5.11 Å². The summed E-state index contributed by atoms with van der Waals surface area (Å²) in [5.41, 5.74) is 2.02. The molecule has 0 aromatic heterocycles. The van der Waals surface area contributed by atoms with Gasteiger partial charge in [0.05, 0.1) is 0 Å². The highest BCUT2D eigenvalue weighted by atomic mass is 32.2. The Bertz CT molecular complexity index is 223. The van der Waals surface area contributed by atoms with Crippen LogP contribution in [-0.2, 0) is 14.4 Å². The second-order valence-corrected chi connectivity index (χ2v) is 3.45. The van der Waals surface area contributed by atoms with Crippen LogP contribution in [0.3, 0.4) is 0 Å². The Morgan fingerprint density at radius 1 is 1.64 bits per heavy atom. The number of hydrogen-bond donors (Lipinski definition) is 4. The van der Waals surface area contributed by atoms with Gasteiger partial charge in [0.2, 0.25) is 0 Å². The fraction of sp³-hybridized carbons (Fsp3) is 0.500. The highest BCUT2D eigenvalue weighted by molar-refractivity contribution is 7.86. The molecule has 0 unspecified atom stereocenters. The van der Waals surface area contributed by atoms with Crippen LogP contribution in [0.15, 0.2) is 0 Å². The summed E-state index contributed by atoms with van der Waals surface area (Å²) in [6.45, 7) is 0. The van der Waals surface area contributed by atoms with E-state index in [2.05, 4.69) is 27.7 Å². The molecule has 0 rings (SSSR count). The van der Waals surface area contributed by atoms with Gasteiger partial charge in [0, 0.05) is 0 Å². The summed E-state index contributed by atoms with van der Waals surface area (Å²) < 4.78 is 24.6. The smallest absolute Gasteiger partial charge is 0.301 e. The first-order valence-electron chi connectivity index (χ1n) is 2.37. The molecule has 0 saturated heterocycles. The normalized spacial score (nSPS) is 10.7. The van der Waals surface area contributed by atoms with E-state index in [0.29, 0.717) is 0 Å². The van der Waals surface area contributed by atoms with Crippen LogP contribution in [0.25, 0.3) is 0 Å². The highest BCUT2D eigenvalue weighted by Crippen LogP contribution is 1.82. The van der Waals surface area contributed by atoms with Crippen LogP contribution in [0.4, 0.5) is 0 Å². The molecule has 0 saturated carbocycles. The second kappa shape index (κ2) is 4.41. The standard InChI is InChI=1S/C2H8N4O3S2/c3-6-2(10)5-1-11(7,8)9-4/h1,3-4H2,(H2,5,6,10). The predicted octanol–water partition coefficient (Wildman–Crippen LogP) is -2.50. The largest absolute Gasteiger partial charge is 0.346 e. The van der Waals surface area contributed by atoms with E-state index < -0.39 is 16.0 Å². The summed E-state index contributed by atoms with van der Waals surface area (Å²) in [5.74, 6) is 8.71. The topological polar surface area (TPSA) is 119 Å². The Labute approximate surface area is 69.1 Å². The van der Waals surface area contributed by atoms with Gasteiger partial charge < -0.3 is 10.7 Å². The lowest BCUT2D eigenvalue weighted by Gasteiger charge is -2.04. The lowest BCUT2D eigenvalue weighted by Crippen LogP contribution is -2.42. The SMILES string of the molecule is NNC(=S)NCS(=O)(=O)ON. The van der Waals surface area contributed by atoms with Gasteiger partial charge in [-0.05, 0) is 12.2 Å². The molecule has 0 aromatic rings. The van der Waals surface area contributed by atoms with Gasteiger partial charge >= 0.3 is 10.1 Å². The van der Waals surface area contributed by atoms with Crippen LogP contribution in [0.1, 0.15) is 0 Å². The molecule has 9 heteroatoms. The summed E-state index contributed by atoms with van der Waals surface area (Å²) in [7, 11) is -3.74. The average Bonchev–Trinajstić information content (AvgIpc) is 2.00. The highest BCUT2D eigenvalue weighted by Gasteiger charge is 2.08. The molecule has 0 aliphatic rings. The molecule has 0 heterocycles. The number of rotatable bonds is 3. The first-order chi connectivity index (χ1) is 5.02. The van der Waals surface area contributed by atoms with Crippen LogP contribution in [0, 0.1) is 0 Å². The average molecular weight is 200 g/mol. The maximum atomic E-state index is 10.5. The van der Waals surface area contributed by atoms with Gasteiger partial charge in [-0.15, -0.1) is 0 Å². The Morgan fingerprint density at radius 3 is 2.55 bits per heavy atom. The molecule has 0 fully saturated rings. The van der Waals surface area contributed by atoms with E-state index in [1.54, 1.807) is 0 Å². The predicted molar refractivity (Wildman–Crippen MR) is 42.1 cm³/mol. The first kappa shape index (κ1) is 10.5. The number of nitrogens with two attached hydrogens (primary N) is 2. The minimum atomic E-state index is -3.74. The Hall–Kier alpha value is -0.480. The Morgan fingerprint density at radius 2 is 2.18 bits per heavy atom. The van der Waals surface area contributed by atoms with Gasteiger partial charge in [-0.2, -0.15) is 18.6 Å². The molecule has 6 N–H and O–H groups in total. The minimum Gasteiger partial charge on any atom is -0.346 e. The third-order valence-electron chi connectivity index (χ3n) is 0.687. The van der Waals surface area contributed by atoms with Crippen molar-refractivity contribution in [2.75, 3.05) is 5.88 Å². The molecule has 0 atom stereocenters. The van der Waals surface area contributed by atoms with E-state index in [4.69, 9.17) is 5.84 Å². The third-order valence-corrected chi connectivity index (χ3v) is 1.74. The summed E-state index contributed by atoms with van der Waals surface area (Å²) in [6, 6.07) is 0. The monoisotopic (exact) mass is 200 g/mol. The molecular formula is C2H8N4O3S2. The van der Waals surface area contributed by atoms with Crippen molar-refractivity contribution in [1.29, 1.82) is 0 Å². The van der Waals surface area contributed by atoms with Crippen LogP contribution in [-0.4, -0.2) is 19.4 Å². The fourth-order valence-electron chi connectivity index (χ4n) is 0.239. The summed E-state index contributed by atoms with van der Waals surface area (Å²) in [5, 5.41) is 2.22. The molecule has 0 amide bonds. The molecule has 11 heavy (non-hydrogen) atoms. The van der Waals surface area contributed by atoms with Crippen molar-refractivity contribution in [1.82, 2.24) is 10.7 Å².